The van der Waals surface area contributed by atoms with Crippen LogP contribution in [0, 0.1) is 10.1 Å². The van der Waals surface area contributed by atoms with Gasteiger partial charge >= 0.3 is 0 Å². The molecule has 0 amide bonds. The summed E-state index contributed by atoms with van der Waals surface area (Å²) >= 11 is 3.32. The van der Waals surface area contributed by atoms with E-state index in [1.165, 1.54) is 12.1 Å². The number of pyridine rings is 1. The maximum absolute atomic E-state index is 10.7. The number of nitro groups is 1. The van der Waals surface area contributed by atoms with E-state index < -0.39 is 4.92 Å². The van der Waals surface area contributed by atoms with Crippen molar-refractivity contribution in [3.05, 3.63) is 64.0 Å². The molecule has 0 aliphatic heterocycles. The molecule has 0 saturated carbocycles. The fourth-order valence-corrected chi connectivity index (χ4v) is 2.19. The first-order chi connectivity index (χ1) is 9.70. The summed E-state index contributed by atoms with van der Waals surface area (Å²) in [5.41, 5.74) is 1.93. The van der Waals surface area contributed by atoms with E-state index in [0.717, 1.165) is 17.5 Å². The van der Waals surface area contributed by atoms with Crippen LogP contribution in [0.4, 0.5) is 5.69 Å². The molecule has 0 aliphatic rings. The molecule has 0 N–H and O–H groups in total. The molecule has 0 atom stereocenters. The standard InChI is InChI=1S/C14H13BrN2O3/c15-9-12-8-13(17(18)19)3-4-14(12)20-7-5-11-2-1-6-16-10-11/h1-4,6,8,10H,5,7,9H2. The summed E-state index contributed by atoms with van der Waals surface area (Å²) < 4.78 is 5.69. The lowest BCUT2D eigenvalue weighted by molar-refractivity contribution is -0.384. The number of ether oxygens (including phenoxy) is 1. The number of hydrogen-bond donors (Lipinski definition) is 0. The van der Waals surface area contributed by atoms with Crippen LogP contribution in [-0.2, 0) is 11.8 Å². The van der Waals surface area contributed by atoms with Gasteiger partial charge in [0.1, 0.15) is 5.75 Å². The molecule has 2 aromatic rings. The zero-order chi connectivity index (χ0) is 14.4. The smallest absolute Gasteiger partial charge is 0.270 e. The third kappa shape index (κ3) is 3.77. The summed E-state index contributed by atoms with van der Waals surface area (Å²) in [6.07, 6.45) is 4.26. The predicted molar refractivity (Wildman–Crippen MR) is 79.2 cm³/mol. The lowest BCUT2D eigenvalue weighted by Crippen LogP contribution is -2.03. The van der Waals surface area contributed by atoms with E-state index in [1.54, 1.807) is 18.5 Å². The maximum atomic E-state index is 10.7. The van der Waals surface area contributed by atoms with Crippen molar-refractivity contribution in [3.8, 4) is 5.75 Å². The third-order valence-corrected chi connectivity index (χ3v) is 3.37. The predicted octanol–water partition coefficient (Wildman–Crippen LogP) is 3.51. The third-order valence-electron chi connectivity index (χ3n) is 2.77. The lowest BCUT2D eigenvalue weighted by Gasteiger charge is -2.09. The van der Waals surface area contributed by atoms with E-state index in [9.17, 15) is 10.1 Å². The first kappa shape index (κ1) is 14.5. The molecule has 6 heteroatoms. The van der Waals surface area contributed by atoms with Crippen molar-refractivity contribution in [2.24, 2.45) is 0 Å². The van der Waals surface area contributed by atoms with Crippen molar-refractivity contribution < 1.29 is 9.66 Å². The largest absolute Gasteiger partial charge is 0.493 e. The average molecular weight is 337 g/mol. The van der Waals surface area contributed by atoms with E-state index in [2.05, 4.69) is 20.9 Å². The van der Waals surface area contributed by atoms with Gasteiger partial charge in [0.05, 0.1) is 11.5 Å². The van der Waals surface area contributed by atoms with Crippen molar-refractivity contribution >= 4 is 21.6 Å². The first-order valence-electron chi connectivity index (χ1n) is 6.05. The number of rotatable bonds is 6. The zero-order valence-corrected chi connectivity index (χ0v) is 12.2. The number of halogens is 1. The quantitative estimate of drug-likeness (QED) is 0.460. The highest BCUT2D eigenvalue weighted by Crippen LogP contribution is 2.26. The molecule has 0 unspecified atom stereocenters. The van der Waals surface area contributed by atoms with Crippen LogP contribution in [0.5, 0.6) is 5.75 Å². The number of aromatic nitrogens is 1. The minimum absolute atomic E-state index is 0.0686. The van der Waals surface area contributed by atoms with Gasteiger partial charge in [-0.2, -0.15) is 0 Å². The topological polar surface area (TPSA) is 65.3 Å². The van der Waals surface area contributed by atoms with Crippen LogP contribution in [0.2, 0.25) is 0 Å². The molecular formula is C14H13BrN2O3. The average Bonchev–Trinajstić information content (AvgIpc) is 2.48. The second-order valence-electron chi connectivity index (χ2n) is 4.14. The van der Waals surface area contributed by atoms with Crippen LogP contribution < -0.4 is 4.74 Å². The molecule has 104 valence electrons. The molecule has 0 radical (unpaired) electrons. The lowest BCUT2D eigenvalue weighted by atomic mass is 10.2. The Morgan fingerprint density at radius 1 is 1.35 bits per heavy atom. The number of benzene rings is 1. The number of alkyl halides is 1. The molecule has 1 heterocycles. The summed E-state index contributed by atoms with van der Waals surface area (Å²) in [5, 5.41) is 11.2. The van der Waals surface area contributed by atoms with E-state index in [4.69, 9.17) is 4.74 Å². The van der Waals surface area contributed by atoms with Crippen LogP contribution in [0.25, 0.3) is 0 Å². The molecule has 20 heavy (non-hydrogen) atoms. The maximum Gasteiger partial charge on any atom is 0.270 e. The Morgan fingerprint density at radius 2 is 2.20 bits per heavy atom. The minimum atomic E-state index is -0.411. The summed E-state index contributed by atoms with van der Waals surface area (Å²) in [6, 6.07) is 8.47. The van der Waals surface area contributed by atoms with Gasteiger partial charge in [-0.1, -0.05) is 22.0 Å². The van der Waals surface area contributed by atoms with Gasteiger partial charge < -0.3 is 4.74 Å². The van der Waals surface area contributed by atoms with Crippen LogP contribution in [-0.4, -0.2) is 16.5 Å². The van der Waals surface area contributed by atoms with Crippen molar-refractivity contribution in [2.45, 2.75) is 11.8 Å². The second kappa shape index (κ2) is 7.00. The van der Waals surface area contributed by atoms with Crippen LogP contribution in [0.15, 0.2) is 42.7 Å². The van der Waals surface area contributed by atoms with Crippen molar-refractivity contribution in [1.82, 2.24) is 4.98 Å². The molecule has 1 aromatic carbocycles. The van der Waals surface area contributed by atoms with Gasteiger partial charge in [0.25, 0.3) is 5.69 Å². The van der Waals surface area contributed by atoms with E-state index in [-0.39, 0.29) is 5.69 Å². The van der Waals surface area contributed by atoms with Crippen LogP contribution >= 0.6 is 15.9 Å². The normalized spacial score (nSPS) is 10.2. The Kier molecular flexibility index (Phi) is 5.06. The van der Waals surface area contributed by atoms with Gasteiger partial charge in [0.15, 0.2) is 0 Å². The van der Waals surface area contributed by atoms with Gasteiger partial charge in [-0.3, -0.25) is 15.1 Å². The highest BCUT2D eigenvalue weighted by molar-refractivity contribution is 9.08. The summed E-state index contributed by atoms with van der Waals surface area (Å²) in [4.78, 5) is 14.3. The van der Waals surface area contributed by atoms with E-state index in [0.29, 0.717) is 17.7 Å². The number of non-ortho nitro benzene ring substituents is 1. The molecule has 5 nitrogen and oxygen atoms in total. The molecule has 0 saturated heterocycles. The Bertz CT molecular complexity index is 590. The van der Waals surface area contributed by atoms with Gasteiger partial charge in [0.2, 0.25) is 0 Å². The highest BCUT2D eigenvalue weighted by atomic mass is 79.9. The first-order valence-corrected chi connectivity index (χ1v) is 7.18. The number of hydrogen-bond acceptors (Lipinski definition) is 4. The fourth-order valence-electron chi connectivity index (χ4n) is 1.75. The Balaban J connectivity index is 2.00. The highest BCUT2D eigenvalue weighted by Gasteiger charge is 2.10. The van der Waals surface area contributed by atoms with E-state index in [1.807, 2.05) is 12.1 Å². The van der Waals surface area contributed by atoms with Gasteiger partial charge in [-0.25, -0.2) is 0 Å². The van der Waals surface area contributed by atoms with Gasteiger partial charge in [-0.15, -0.1) is 0 Å². The molecule has 0 spiro atoms. The monoisotopic (exact) mass is 336 g/mol. The van der Waals surface area contributed by atoms with Gasteiger partial charge in [-0.05, 0) is 17.7 Å². The summed E-state index contributed by atoms with van der Waals surface area (Å²) in [7, 11) is 0. The van der Waals surface area contributed by atoms with Gasteiger partial charge in [0, 0.05) is 41.8 Å². The molecular weight excluding hydrogens is 324 g/mol. The van der Waals surface area contributed by atoms with Crippen molar-refractivity contribution in [1.29, 1.82) is 0 Å². The van der Waals surface area contributed by atoms with Crippen molar-refractivity contribution in [2.75, 3.05) is 6.61 Å². The molecule has 0 fully saturated rings. The minimum Gasteiger partial charge on any atom is -0.493 e. The Labute approximate surface area is 124 Å². The summed E-state index contributed by atoms with van der Waals surface area (Å²) in [5.74, 6) is 0.663. The van der Waals surface area contributed by atoms with E-state index >= 15 is 0 Å². The van der Waals surface area contributed by atoms with Crippen LogP contribution in [0.1, 0.15) is 11.1 Å². The second-order valence-corrected chi connectivity index (χ2v) is 4.70. The molecule has 0 bridgehead atoms. The molecule has 0 aliphatic carbocycles. The van der Waals surface area contributed by atoms with Crippen molar-refractivity contribution in [3.63, 3.8) is 0 Å². The Morgan fingerprint density at radius 3 is 2.85 bits per heavy atom. The number of nitrogens with zero attached hydrogens (tertiary/aromatic N) is 2. The fraction of sp³-hybridized carbons (Fsp3) is 0.214. The zero-order valence-electron chi connectivity index (χ0n) is 10.7. The molecule has 1 aromatic heterocycles. The Hall–Kier alpha value is -1.95. The summed E-state index contributed by atoms with van der Waals surface area (Å²) in [6.45, 7) is 0.503. The molecule has 2 rings (SSSR count). The SMILES string of the molecule is O=[N+]([O-])c1ccc(OCCc2cccnc2)c(CBr)c1. The number of nitro benzene ring substituents is 1. The van der Waals surface area contributed by atoms with Crippen LogP contribution in [0.3, 0.4) is 0 Å².